The number of hydrogen-bond acceptors (Lipinski definition) is 1. The maximum absolute atomic E-state index is 13.8. The van der Waals surface area contributed by atoms with Crippen LogP contribution in [0.4, 0.5) is 13.2 Å². The number of fused-ring (bicyclic) bond motifs is 1. The Labute approximate surface area is 108 Å². The number of allylic oxidation sites excluding steroid dienone is 2. The SMILES string of the molecule is O=C1CCC=C2CC[C@@H](c3ccc(F)c(F)c3F)N12. The van der Waals surface area contributed by atoms with E-state index >= 15 is 0 Å². The molecule has 1 amide bonds. The zero-order valence-corrected chi connectivity index (χ0v) is 10.1. The van der Waals surface area contributed by atoms with Gasteiger partial charge in [-0.05, 0) is 25.3 Å². The van der Waals surface area contributed by atoms with E-state index in [1.54, 1.807) is 0 Å². The summed E-state index contributed by atoms with van der Waals surface area (Å²) in [4.78, 5) is 13.4. The Morgan fingerprint density at radius 2 is 1.89 bits per heavy atom. The molecule has 0 saturated carbocycles. The first-order chi connectivity index (χ1) is 9.09. The number of amides is 1. The fourth-order valence-corrected chi connectivity index (χ4v) is 2.84. The quantitative estimate of drug-likeness (QED) is 0.714. The van der Waals surface area contributed by atoms with Crippen molar-refractivity contribution in [1.29, 1.82) is 0 Å². The van der Waals surface area contributed by atoms with Crippen molar-refractivity contribution in [3.8, 4) is 0 Å². The summed E-state index contributed by atoms with van der Waals surface area (Å²) in [6.45, 7) is 0. The zero-order chi connectivity index (χ0) is 13.6. The first kappa shape index (κ1) is 12.3. The minimum absolute atomic E-state index is 0.0533. The van der Waals surface area contributed by atoms with Gasteiger partial charge in [-0.2, -0.15) is 0 Å². The molecule has 0 N–H and O–H groups in total. The molecule has 19 heavy (non-hydrogen) atoms. The van der Waals surface area contributed by atoms with Gasteiger partial charge in [0, 0.05) is 17.7 Å². The molecule has 5 heteroatoms. The Morgan fingerprint density at radius 3 is 2.68 bits per heavy atom. The number of nitrogens with zero attached hydrogens (tertiary/aromatic N) is 1. The second-order valence-corrected chi connectivity index (χ2v) is 4.82. The highest BCUT2D eigenvalue weighted by molar-refractivity contribution is 5.80. The van der Waals surface area contributed by atoms with Crippen molar-refractivity contribution in [2.75, 3.05) is 0 Å². The highest BCUT2D eigenvalue weighted by Crippen LogP contribution is 2.42. The fraction of sp³-hybridized carbons (Fsp3) is 0.357. The highest BCUT2D eigenvalue weighted by Gasteiger charge is 2.37. The Kier molecular flexibility index (Phi) is 2.84. The van der Waals surface area contributed by atoms with Gasteiger partial charge in [0.2, 0.25) is 5.91 Å². The summed E-state index contributed by atoms with van der Waals surface area (Å²) in [7, 11) is 0. The van der Waals surface area contributed by atoms with E-state index in [4.69, 9.17) is 0 Å². The third kappa shape index (κ3) is 1.84. The molecule has 2 nitrogen and oxygen atoms in total. The van der Waals surface area contributed by atoms with Crippen LogP contribution < -0.4 is 0 Å². The van der Waals surface area contributed by atoms with Gasteiger partial charge < -0.3 is 4.90 Å². The lowest BCUT2D eigenvalue weighted by Crippen LogP contribution is -2.31. The van der Waals surface area contributed by atoms with Crippen molar-refractivity contribution in [2.24, 2.45) is 0 Å². The van der Waals surface area contributed by atoms with E-state index in [9.17, 15) is 18.0 Å². The Hall–Kier alpha value is -1.78. The van der Waals surface area contributed by atoms with Gasteiger partial charge >= 0.3 is 0 Å². The monoisotopic (exact) mass is 267 g/mol. The third-order valence-corrected chi connectivity index (χ3v) is 3.73. The lowest BCUT2D eigenvalue weighted by atomic mass is 10.0. The molecule has 0 unspecified atom stereocenters. The van der Waals surface area contributed by atoms with Gasteiger partial charge in [0.25, 0.3) is 0 Å². The van der Waals surface area contributed by atoms with Crippen molar-refractivity contribution >= 4 is 5.91 Å². The van der Waals surface area contributed by atoms with E-state index in [1.165, 1.54) is 11.0 Å². The van der Waals surface area contributed by atoms with Gasteiger partial charge in [-0.15, -0.1) is 0 Å². The van der Waals surface area contributed by atoms with Crippen LogP contribution in [-0.4, -0.2) is 10.8 Å². The minimum atomic E-state index is -1.47. The van der Waals surface area contributed by atoms with Crippen LogP contribution in [0.5, 0.6) is 0 Å². The summed E-state index contributed by atoms with van der Waals surface area (Å²) in [6.07, 6.45) is 4.23. The molecule has 1 saturated heterocycles. The van der Waals surface area contributed by atoms with Gasteiger partial charge in [-0.25, -0.2) is 13.2 Å². The van der Waals surface area contributed by atoms with E-state index < -0.39 is 23.5 Å². The zero-order valence-electron chi connectivity index (χ0n) is 10.1. The van der Waals surface area contributed by atoms with Crippen molar-refractivity contribution in [2.45, 2.75) is 31.7 Å². The van der Waals surface area contributed by atoms with Crippen LogP contribution in [0.15, 0.2) is 23.9 Å². The molecule has 0 aliphatic carbocycles. The molecule has 0 aromatic heterocycles. The molecule has 0 radical (unpaired) electrons. The molecule has 2 aliphatic rings. The molecule has 3 rings (SSSR count). The summed E-state index contributed by atoms with van der Waals surface area (Å²) in [5.74, 6) is -3.95. The summed E-state index contributed by atoms with van der Waals surface area (Å²) < 4.78 is 40.1. The fourth-order valence-electron chi connectivity index (χ4n) is 2.84. The second kappa shape index (κ2) is 4.40. The average Bonchev–Trinajstić information content (AvgIpc) is 2.82. The van der Waals surface area contributed by atoms with Gasteiger partial charge in [-0.3, -0.25) is 4.79 Å². The molecular formula is C14H12F3NO. The first-order valence-electron chi connectivity index (χ1n) is 6.24. The Morgan fingerprint density at radius 1 is 1.11 bits per heavy atom. The van der Waals surface area contributed by atoms with Crippen molar-refractivity contribution in [3.63, 3.8) is 0 Å². The number of halogens is 3. The lowest BCUT2D eigenvalue weighted by Gasteiger charge is -2.29. The second-order valence-electron chi connectivity index (χ2n) is 4.82. The predicted octanol–water partition coefficient (Wildman–Crippen LogP) is 3.45. The smallest absolute Gasteiger partial charge is 0.227 e. The largest absolute Gasteiger partial charge is 0.309 e. The molecule has 1 aromatic rings. The number of carbonyl (C=O) groups is 1. The molecule has 0 spiro atoms. The molecule has 2 aliphatic heterocycles. The normalized spacial score (nSPS) is 22.5. The Bertz CT molecular complexity index is 582. The third-order valence-electron chi connectivity index (χ3n) is 3.73. The molecule has 1 fully saturated rings. The van der Waals surface area contributed by atoms with E-state index in [0.29, 0.717) is 25.7 Å². The van der Waals surface area contributed by atoms with Gasteiger partial charge in [0.05, 0.1) is 6.04 Å². The van der Waals surface area contributed by atoms with Crippen molar-refractivity contribution in [3.05, 3.63) is 46.9 Å². The van der Waals surface area contributed by atoms with Gasteiger partial charge in [0.1, 0.15) is 0 Å². The number of hydrogen-bond donors (Lipinski definition) is 0. The van der Waals surface area contributed by atoms with Gasteiger partial charge in [-0.1, -0.05) is 12.1 Å². The molecule has 100 valence electrons. The number of carbonyl (C=O) groups excluding carboxylic acids is 1. The van der Waals surface area contributed by atoms with Crippen molar-refractivity contribution < 1.29 is 18.0 Å². The summed E-state index contributed by atoms with van der Waals surface area (Å²) >= 11 is 0. The first-order valence-corrected chi connectivity index (χ1v) is 6.24. The molecule has 1 atom stereocenters. The Balaban J connectivity index is 2.04. The topological polar surface area (TPSA) is 20.3 Å². The standard InChI is InChI=1S/C14H12F3NO/c15-10-6-5-9(13(16)14(10)17)11-7-4-8-2-1-3-12(19)18(8)11/h2,5-6,11H,1,3-4,7H2/t11-/m0/s1. The van der Waals surface area contributed by atoms with Crippen LogP contribution in [0, 0.1) is 17.5 Å². The van der Waals surface area contributed by atoms with Crippen LogP contribution in [0.1, 0.15) is 37.3 Å². The maximum atomic E-state index is 13.8. The van der Waals surface area contributed by atoms with Crippen molar-refractivity contribution in [1.82, 2.24) is 4.90 Å². The lowest BCUT2D eigenvalue weighted by molar-refractivity contribution is -0.131. The predicted molar refractivity (Wildman–Crippen MR) is 62.5 cm³/mol. The van der Waals surface area contributed by atoms with Crippen LogP contribution in [0.2, 0.25) is 0 Å². The van der Waals surface area contributed by atoms with Crippen LogP contribution in [-0.2, 0) is 4.79 Å². The molecule has 0 bridgehead atoms. The molecule has 1 aromatic carbocycles. The maximum Gasteiger partial charge on any atom is 0.227 e. The minimum Gasteiger partial charge on any atom is -0.309 e. The van der Waals surface area contributed by atoms with Crippen LogP contribution >= 0.6 is 0 Å². The number of rotatable bonds is 1. The van der Waals surface area contributed by atoms with E-state index in [-0.39, 0.29) is 11.5 Å². The van der Waals surface area contributed by atoms with E-state index in [1.807, 2.05) is 6.08 Å². The van der Waals surface area contributed by atoms with Crippen LogP contribution in [0.3, 0.4) is 0 Å². The summed E-state index contributed by atoms with van der Waals surface area (Å²) in [6, 6.07) is 1.61. The van der Waals surface area contributed by atoms with Crippen LogP contribution in [0.25, 0.3) is 0 Å². The average molecular weight is 267 g/mol. The summed E-state index contributed by atoms with van der Waals surface area (Å²) in [5.41, 5.74) is 0.919. The van der Waals surface area contributed by atoms with E-state index in [0.717, 1.165) is 11.8 Å². The summed E-state index contributed by atoms with van der Waals surface area (Å²) in [5, 5.41) is 0. The number of benzene rings is 1. The highest BCUT2D eigenvalue weighted by atomic mass is 19.2. The van der Waals surface area contributed by atoms with E-state index in [2.05, 4.69) is 0 Å². The molecule has 2 heterocycles. The molecular weight excluding hydrogens is 255 g/mol. The van der Waals surface area contributed by atoms with Gasteiger partial charge in [0.15, 0.2) is 17.5 Å².